The number of imidazole rings is 2. The van der Waals surface area contributed by atoms with Gasteiger partial charge in [0.15, 0.2) is 5.82 Å². The number of hydrogen-bond donors (Lipinski definition) is 4. The van der Waals surface area contributed by atoms with Crippen molar-refractivity contribution in [3.63, 3.8) is 0 Å². The van der Waals surface area contributed by atoms with Crippen LogP contribution in [0, 0.1) is 17.7 Å². The first-order chi connectivity index (χ1) is 30.3. The Bertz CT molecular complexity index is 2530. The highest BCUT2D eigenvalue weighted by atomic mass is 19.1. The number of amides is 3. The SMILES string of the molecule is CCCN(Cc1ncc(-c2ccc3c(c2)c(F)c2n3C(C3=CCCC=C3)OC3=C2CCC(c2cnc(C4CC(F)CN4C(=O)C(NC(=O)OC)C(C)C)[nH]2)=C3)[nH]1)C(=O)C(N)C(C)C. The molecule has 2 aliphatic carbocycles. The first kappa shape index (κ1) is 43.6. The van der Waals surface area contributed by atoms with E-state index in [9.17, 15) is 14.4 Å². The zero-order valence-electron chi connectivity index (χ0n) is 36.7. The van der Waals surface area contributed by atoms with Gasteiger partial charge in [0.1, 0.15) is 29.6 Å². The molecule has 63 heavy (non-hydrogen) atoms. The molecule has 2 aliphatic heterocycles. The van der Waals surface area contributed by atoms with E-state index in [1.165, 1.54) is 12.0 Å². The molecule has 3 amide bonds. The Morgan fingerprint density at radius 1 is 1.08 bits per heavy atom. The van der Waals surface area contributed by atoms with Crippen molar-refractivity contribution in [2.24, 2.45) is 17.6 Å². The van der Waals surface area contributed by atoms with E-state index in [1.807, 2.05) is 55.7 Å². The highest BCUT2D eigenvalue weighted by molar-refractivity contribution is 5.92. The van der Waals surface area contributed by atoms with Crippen LogP contribution in [-0.2, 0) is 25.6 Å². The average Bonchev–Trinajstić information content (AvgIpc) is 4.10. The fraction of sp³-hybridized carbons (Fsp3) is 0.468. The molecule has 334 valence electrons. The van der Waals surface area contributed by atoms with Crippen LogP contribution in [0.5, 0.6) is 0 Å². The molecule has 4 aliphatic rings. The van der Waals surface area contributed by atoms with Crippen molar-refractivity contribution in [1.29, 1.82) is 0 Å². The molecule has 1 saturated heterocycles. The number of H-pyrrole nitrogens is 2. The molecule has 16 heteroatoms. The molecule has 1 aromatic carbocycles. The summed E-state index contributed by atoms with van der Waals surface area (Å²) in [5.41, 5.74) is 12.1. The van der Waals surface area contributed by atoms with Crippen molar-refractivity contribution in [2.45, 2.75) is 110 Å². The summed E-state index contributed by atoms with van der Waals surface area (Å²) in [4.78, 5) is 58.1. The van der Waals surface area contributed by atoms with Crippen molar-refractivity contribution in [1.82, 2.24) is 39.6 Å². The Morgan fingerprint density at radius 2 is 1.87 bits per heavy atom. The Hall–Kier alpha value is -6.03. The van der Waals surface area contributed by atoms with E-state index in [0.717, 1.165) is 41.5 Å². The number of aromatic amines is 2. The summed E-state index contributed by atoms with van der Waals surface area (Å²) in [5.74, 6) is 0.468. The smallest absolute Gasteiger partial charge is 0.407 e. The van der Waals surface area contributed by atoms with Gasteiger partial charge in [0.25, 0.3) is 0 Å². The van der Waals surface area contributed by atoms with Crippen LogP contribution in [0.2, 0.25) is 0 Å². The molecule has 1 fully saturated rings. The minimum Gasteiger partial charge on any atom is -0.466 e. The van der Waals surface area contributed by atoms with E-state index in [-0.39, 0.29) is 43.1 Å². The van der Waals surface area contributed by atoms with Crippen molar-refractivity contribution < 1.29 is 32.6 Å². The number of alkyl carbamates (subject to hydrolysis) is 1. The summed E-state index contributed by atoms with van der Waals surface area (Å²) in [6, 6.07) is 3.52. The maximum atomic E-state index is 17.2. The lowest BCUT2D eigenvalue weighted by atomic mass is 9.91. The molecule has 0 spiro atoms. The van der Waals surface area contributed by atoms with E-state index in [4.69, 9.17) is 15.2 Å². The number of ether oxygens (including phenoxy) is 2. The third-order valence-corrected chi connectivity index (χ3v) is 12.5. The second-order valence-electron chi connectivity index (χ2n) is 17.6. The molecule has 14 nitrogen and oxygen atoms in total. The Labute approximate surface area is 365 Å². The van der Waals surface area contributed by atoms with E-state index in [2.05, 4.69) is 37.4 Å². The van der Waals surface area contributed by atoms with Crippen molar-refractivity contribution in [2.75, 3.05) is 20.2 Å². The van der Waals surface area contributed by atoms with Gasteiger partial charge in [-0.2, -0.15) is 0 Å². The Kier molecular flexibility index (Phi) is 12.5. The van der Waals surface area contributed by atoms with Crippen LogP contribution in [-0.4, -0.2) is 90.7 Å². The minimum absolute atomic E-state index is 0.00169. The van der Waals surface area contributed by atoms with Gasteiger partial charge in [-0.05, 0) is 67.7 Å². The quantitative estimate of drug-likeness (QED) is 0.105. The van der Waals surface area contributed by atoms with Gasteiger partial charge in [-0.3, -0.25) is 14.2 Å². The first-order valence-electron chi connectivity index (χ1n) is 22.0. The number of rotatable bonds is 13. The monoisotopic (exact) mass is 865 g/mol. The number of carbonyl (C=O) groups is 3. The molecule has 5 atom stereocenters. The van der Waals surface area contributed by atoms with Gasteiger partial charge >= 0.3 is 6.09 Å². The third kappa shape index (κ3) is 8.44. The first-order valence-corrected chi connectivity index (χ1v) is 22.0. The number of fused-ring (bicyclic) bond motifs is 4. The van der Waals surface area contributed by atoms with Crippen LogP contribution < -0.4 is 11.1 Å². The van der Waals surface area contributed by atoms with Crippen molar-refractivity contribution in [3.8, 4) is 11.3 Å². The molecule has 5 unspecified atom stereocenters. The summed E-state index contributed by atoms with van der Waals surface area (Å²) in [6.45, 7) is 10.2. The van der Waals surface area contributed by atoms with Gasteiger partial charge < -0.3 is 40.3 Å². The number of alkyl halides is 1. The largest absolute Gasteiger partial charge is 0.466 e. The summed E-state index contributed by atoms with van der Waals surface area (Å²) >= 11 is 0. The van der Waals surface area contributed by atoms with Crippen LogP contribution in [0.25, 0.3) is 33.3 Å². The van der Waals surface area contributed by atoms with Gasteiger partial charge in [0, 0.05) is 35.1 Å². The second-order valence-corrected chi connectivity index (χ2v) is 17.6. The zero-order valence-corrected chi connectivity index (χ0v) is 36.7. The molecule has 0 radical (unpaired) electrons. The van der Waals surface area contributed by atoms with Gasteiger partial charge in [0.2, 0.25) is 18.0 Å². The average molecular weight is 866 g/mol. The van der Waals surface area contributed by atoms with Gasteiger partial charge in [-0.1, -0.05) is 58.9 Å². The topological polar surface area (TPSA) is 176 Å². The summed E-state index contributed by atoms with van der Waals surface area (Å²) in [7, 11) is 1.23. The number of benzene rings is 1. The molecule has 3 aromatic heterocycles. The number of likely N-dealkylation sites (tertiary alicyclic amines) is 1. The minimum atomic E-state index is -1.27. The zero-order chi connectivity index (χ0) is 44.7. The fourth-order valence-corrected chi connectivity index (χ4v) is 9.06. The standard InChI is InChI=1S/C47H57F2N9O5/c1-7-17-56(44(59)40(50)25(2)3)24-38-51-21-33(53-38)28-14-16-35-32(18-28)39(49)42-31-15-13-29(19-37(31)63-46(58(35)42)27-11-9-8-10-12-27)34-22-52-43(54-34)36-20-30(48)23-57(36)45(60)41(26(4)5)55-47(61)62-6/h9,11-12,14,16,18-19,21-22,25-26,30,36,40-41,46H,7-8,10,13,15,17,20,23-24,50H2,1-6H3,(H,51,53)(H,52,54)(H,55,61). The lowest BCUT2D eigenvalue weighted by Crippen LogP contribution is -2.51. The van der Waals surface area contributed by atoms with E-state index in [1.54, 1.807) is 31.1 Å². The summed E-state index contributed by atoms with van der Waals surface area (Å²) < 4.78 is 45.8. The van der Waals surface area contributed by atoms with Gasteiger partial charge in [-0.15, -0.1) is 0 Å². The maximum absolute atomic E-state index is 17.2. The number of halogens is 2. The third-order valence-electron chi connectivity index (χ3n) is 12.5. The van der Waals surface area contributed by atoms with Crippen molar-refractivity contribution in [3.05, 3.63) is 95.1 Å². The lowest BCUT2D eigenvalue weighted by molar-refractivity contribution is -0.136. The summed E-state index contributed by atoms with van der Waals surface area (Å²) in [5, 5.41) is 3.05. The molecule has 5 N–H and O–H groups in total. The highest BCUT2D eigenvalue weighted by Gasteiger charge is 2.42. The summed E-state index contributed by atoms with van der Waals surface area (Å²) in [6.07, 6.45) is 12.6. The van der Waals surface area contributed by atoms with E-state index in [0.29, 0.717) is 64.8 Å². The maximum Gasteiger partial charge on any atom is 0.407 e. The second kappa shape index (κ2) is 18.0. The number of nitrogens with zero attached hydrogens (tertiary/aromatic N) is 5. The number of allylic oxidation sites excluding steroid dienone is 5. The molecule has 4 aromatic rings. The predicted molar refractivity (Wildman–Crippen MR) is 235 cm³/mol. The molecular formula is C47H57F2N9O5. The highest BCUT2D eigenvalue weighted by Crippen LogP contribution is 2.48. The number of hydrogen-bond acceptors (Lipinski definition) is 8. The van der Waals surface area contributed by atoms with Crippen LogP contribution >= 0.6 is 0 Å². The lowest BCUT2D eigenvalue weighted by Gasteiger charge is -2.34. The van der Waals surface area contributed by atoms with Crippen LogP contribution in [0.3, 0.4) is 0 Å². The molecular weight excluding hydrogens is 809 g/mol. The van der Waals surface area contributed by atoms with Gasteiger partial charge in [0.05, 0.1) is 67.3 Å². The Morgan fingerprint density at radius 3 is 2.59 bits per heavy atom. The predicted octanol–water partition coefficient (Wildman–Crippen LogP) is 8.00. The normalized spacial score (nSPS) is 20.6. The van der Waals surface area contributed by atoms with Crippen LogP contribution in [0.4, 0.5) is 13.6 Å². The van der Waals surface area contributed by atoms with Gasteiger partial charge in [-0.25, -0.2) is 23.5 Å². The fourth-order valence-electron chi connectivity index (χ4n) is 9.06. The van der Waals surface area contributed by atoms with E-state index >= 15 is 8.78 Å². The van der Waals surface area contributed by atoms with Crippen molar-refractivity contribution >= 4 is 40.0 Å². The number of nitrogens with two attached hydrogens (primary N) is 1. The number of methoxy groups -OCH3 is 1. The number of aromatic nitrogens is 5. The Balaban J connectivity index is 1.10. The number of carbonyl (C=O) groups excluding carboxylic acids is 3. The van der Waals surface area contributed by atoms with E-state index < -0.39 is 42.5 Å². The molecule has 8 rings (SSSR count). The molecule has 0 saturated carbocycles. The molecule has 5 heterocycles. The number of nitrogens with one attached hydrogen (secondary N) is 3. The van der Waals surface area contributed by atoms with Crippen LogP contribution in [0.15, 0.2) is 66.2 Å². The molecule has 0 bridgehead atoms. The van der Waals surface area contributed by atoms with Crippen LogP contribution in [0.1, 0.15) is 108 Å².